The van der Waals surface area contributed by atoms with E-state index in [-0.39, 0.29) is 24.5 Å². The fourth-order valence-corrected chi connectivity index (χ4v) is 1.11. The maximum absolute atomic E-state index is 11.3. The Kier molecular flexibility index (Phi) is 4.05. The average Bonchev–Trinajstić information content (AvgIpc) is 2.66. The SMILES string of the molecule is COC(=O)c1nn(CC(=O)NCC#N)cc1N. The summed E-state index contributed by atoms with van der Waals surface area (Å²) in [7, 11) is 1.21. The Morgan fingerprint density at radius 2 is 2.41 bits per heavy atom. The lowest BCUT2D eigenvalue weighted by molar-refractivity contribution is -0.121. The molecule has 0 aliphatic rings. The number of nitriles is 1. The molecule has 1 heterocycles. The number of nitrogens with two attached hydrogens (primary N) is 1. The molecular formula is C9H11N5O3. The van der Waals surface area contributed by atoms with E-state index in [1.54, 1.807) is 6.07 Å². The van der Waals surface area contributed by atoms with E-state index in [4.69, 9.17) is 11.0 Å². The van der Waals surface area contributed by atoms with E-state index in [1.165, 1.54) is 18.0 Å². The third-order valence-electron chi connectivity index (χ3n) is 1.84. The van der Waals surface area contributed by atoms with Crippen molar-refractivity contribution < 1.29 is 14.3 Å². The van der Waals surface area contributed by atoms with Gasteiger partial charge in [0.2, 0.25) is 5.91 Å². The van der Waals surface area contributed by atoms with Crippen molar-refractivity contribution in [2.75, 3.05) is 19.4 Å². The lowest BCUT2D eigenvalue weighted by atomic mass is 10.4. The number of carbonyl (C=O) groups is 2. The van der Waals surface area contributed by atoms with Crippen molar-refractivity contribution in [3.63, 3.8) is 0 Å². The highest BCUT2D eigenvalue weighted by Gasteiger charge is 2.16. The van der Waals surface area contributed by atoms with Gasteiger partial charge < -0.3 is 15.8 Å². The number of anilines is 1. The molecule has 8 heteroatoms. The van der Waals surface area contributed by atoms with Crippen molar-refractivity contribution in [3.8, 4) is 6.07 Å². The van der Waals surface area contributed by atoms with Gasteiger partial charge in [0.05, 0.1) is 18.9 Å². The van der Waals surface area contributed by atoms with Gasteiger partial charge in [0.25, 0.3) is 0 Å². The van der Waals surface area contributed by atoms with Gasteiger partial charge in [-0.1, -0.05) is 0 Å². The topological polar surface area (TPSA) is 123 Å². The molecule has 0 saturated carbocycles. The molecule has 0 fully saturated rings. The van der Waals surface area contributed by atoms with Gasteiger partial charge >= 0.3 is 5.97 Å². The van der Waals surface area contributed by atoms with Crippen molar-refractivity contribution in [1.82, 2.24) is 15.1 Å². The molecule has 1 aromatic rings. The summed E-state index contributed by atoms with van der Waals surface area (Å²) in [6, 6.07) is 1.77. The molecule has 17 heavy (non-hydrogen) atoms. The Bertz CT molecular complexity index is 473. The van der Waals surface area contributed by atoms with Gasteiger partial charge in [-0.05, 0) is 0 Å². The minimum atomic E-state index is -0.668. The molecule has 0 saturated heterocycles. The zero-order valence-electron chi connectivity index (χ0n) is 9.14. The molecule has 0 atom stereocenters. The van der Waals surface area contributed by atoms with Crippen molar-refractivity contribution in [3.05, 3.63) is 11.9 Å². The number of nitrogens with one attached hydrogen (secondary N) is 1. The fraction of sp³-hybridized carbons (Fsp3) is 0.333. The van der Waals surface area contributed by atoms with Crippen LogP contribution < -0.4 is 11.1 Å². The number of amides is 1. The summed E-state index contributed by atoms with van der Waals surface area (Å²) in [6.07, 6.45) is 1.35. The Morgan fingerprint density at radius 3 is 3.00 bits per heavy atom. The molecule has 0 aliphatic carbocycles. The average molecular weight is 237 g/mol. The summed E-state index contributed by atoms with van der Waals surface area (Å²) >= 11 is 0. The summed E-state index contributed by atoms with van der Waals surface area (Å²) in [6.45, 7) is -0.206. The minimum absolute atomic E-state index is 0.0411. The predicted molar refractivity (Wildman–Crippen MR) is 56.6 cm³/mol. The normalized spacial score (nSPS) is 9.41. The van der Waals surface area contributed by atoms with Gasteiger partial charge in [-0.25, -0.2) is 4.79 Å². The minimum Gasteiger partial charge on any atom is -0.464 e. The molecule has 0 radical (unpaired) electrons. The van der Waals surface area contributed by atoms with Crippen molar-refractivity contribution in [1.29, 1.82) is 5.26 Å². The number of hydrogen-bond donors (Lipinski definition) is 2. The second-order valence-corrected chi connectivity index (χ2v) is 3.06. The molecule has 0 bridgehead atoms. The van der Waals surface area contributed by atoms with Crippen LogP contribution in [0.15, 0.2) is 6.20 Å². The second-order valence-electron chi connectivity index (χ2n) is 3.06. The molecule has 1 rings (SSSR count). The highest BCUT2D eigenvalue weighted by atomic mass is 16.5. The number of ether oxygens (including phenoxy) is 1. The zero-order chi connectivity index (χ0) is 12.8. The second kappa shape index (κ2) is 5.50. The van der Waals surface area contributed by atoms with E-state index in [0.717, 1.165) is 0 Å². The third-order valence-corrected chi connectivity index (χ3v) is 1.84. The molecule has 0 spiro atoms. The number of esters is 1. The molecular weight excluding hydrogens is 226 g/mol. The quantitative estimate of drug-likeness (QED) is 0.505. The molecule has 1 amide bonds. The van der Waals surface area contributed by atoms with Crippen molar-refractivity contribution >= 4 is 17.6 Å². The highest BCUT2D eigenvalue weighted by molar-refractivity contribution is 5.92. The summed E-state index contributed by atoms with van der Waals surface area (Å²) in [5.41, 5.74) is 5.61. The van der Waals surface area contributed by atoms with Gasteiger partial charge in [-0.3, -0.25) is 9.48 Å². The van der Waals surface area contributed by atoms with Gasteiger partial charge in [-0.2, -0.15) is 10.4 Å². The van der Waals surface area contributed by atoms with Gasteiger partial charge in [-0.15, -0.1) is 0 Å². The highest BCUT2D eigenvalue weighted by Crippen LogP contribution is 2.09. The lowest BCUT2D eigenvalue weighted by Crippen LogP contribution is -2.28. The van der Waals surface area contributed by atoms with E-state index in [0.29, 0.717) is 0 Å². The third kappa shape index (κ3) is 3.20. The van der Waals surface area contributed by atoms with Crippen LogP contribution in [0.3, 0.4) is 0 Å². The number of aromatic nitrogens is 2. The van der Waals surface area contributed by atoms with Crippen LogP contribution in [0.1, 0.15) is 10.5 Å². The molecule has 0 aliphatic heterocycles. The van der Waals surface area contributed by atoms with Crippen LogP contribution in [0.4, 0.5) is 5.69 Å². The van der Waals surface area contributed by atoms with E-state index in [9.17, 15) is 9.59 Å². The largest absolute Gasteiger partial charge is 0.464 e. The number of rotatable bonds is 4. The molecule has 3 N–H and O–H groups in total. The first kappa shape index (κ1) is 12.5. The molecule has 0 aromatic carbocycles. The number of nitrogen functional groups attached to an aromatic ring is 1. The summed E-state index contributed by atoms with van der Waals surface area (Å²) < 4.78 is 5.66. The van der Waals surface area contributed by atoms with Gasteiger partial charge in [0.1, 0.15) is 13.1 Å². The van der Waals surface area contributed by atoms with E-state index in [2.05, 4.69) is 15.2 Å². The number of methoxy groups -OCH3 is 1. The fourth-order valence-electron chi connectivity index (χ4n) is 1.11. The van der Waals surface area contributed by atoms with Gasteiger partial charge in [0.15, 0.2) is 5.69 Å². The van der Waals surface area contributed by atoms with Crippen LogP contribution in [0, 0.1) is 11.3 Å². The molecule has 90 valence electrons. The van der Waals surface area contributed by atoms with Crippen LogP contribution in [0.5, 0.6) is 0 Å². The monoisotopic (exact) mass is 237 g/mol. The van der Waals surface area contributed by atoms with Crippen LogP contribution >= 0.6 is 0 Å². The Labute approximate surface area is 96.9 Å². The maximum atomic E-state index is 11.3. The van der Waals surface area contributed by atoms with Crippen LogP contribution in [-0.2, 0) is 16.1 Å². The zero-order valence-corrected chi connectivity index (χ0v) is 9.14. The van der Waals surface area contributed by atoms with Crippen molar-refractivity contribution in [2.45, 2.75) is 6.54 Å². The van der Waals surface area contributed by atoms with Crippen LogP contribution in [0.25, 0.3) is 0 Å². The number of nitrogens with zero attached hydrogens (tertiary/aromatic N) is 3. The maximum Gasteiger partial charge on any atom is 0.360 e. The Hall–Kier alpha value is -2.56. The predicted octanol–water partition coefficient (Wildman–Crippen LogP) is -1.11. The summed E-state index contributed by atoms with van der Waals surface area (Å²) in [4.78, 5) is 22.4. The standard InChI is InChI=1S/C9H11N5O3/c1-17-9(16)8-6(11)4-14(13-8)5-7(15)12-3-2-10/h4H,3,5,11H2,1H3,(H,12,15). The van der Waals surface area contributed by atoms with Crippen LogP contribution in [0.2, 0.25) is 0 Å². The summed E-state index contributed by atoms with van der Waals surface area (Å²) in [5.74, 6) is -1.07. The van der Waals surface area contributed by atoms with Crippen molar-refractivity contribution in [2.24, 2.45) is 0 Å². The molecule has 8 nitrogen and oxygen atoms in total. The Morgan fingerprint density at radius 1 is 1.71 bits per heavy atom. The first-order valence-electron chi connectivity index (χ1n) is 4.63. The lowest BCUT2D eigenvalue weighted by Gasteiger charge is -2.00. The number of carbonyl (C=O) groups excluding carboxylic acids is 2. The molecule has 1 aromatic heterocycles. The Balaban J connectivity index is 2.71. The van der Waals surface area contributed by atoms with E-state index in [1.807, 2.05) is 0 Å². The van der Waals surface area contributed by atoms with E-state index >= 15 is 0 Å². The molecule has 0 unspecified atom stereocenters. The smallest absolute Gasteiger partial charge is 0.360 e. The first-order chi connectivity index (χ1) is 8.08. The van der Waals surface area contributed by atoms with E-state index < -0.39 is 11.9 Å². The summed E-state index contributed by atoms with van der Waals surface area (Å²) in [5, 5.41) is 14.4. The number of hydrogen-bond acceptors (Lipinski definition) is 6. The first-order valence-corrected chi connectivity index (χ1v) is 4.63. The van der Waals surface area contributed by atoms with Crippen LogP contribution in [-0.4, -0.2) is 35.3 Å². The van der Waals surface area contributed by atoms with Gasteiger partial charge in [0, 0.05) is 6.20 Å².